The number of amides is 1. The number of benzene rings is 2. The number of nitrogens with zero attached hydrogens (tertiary/aromatic N) is 1. The lowest BCUT2D eigenvalue weighted by molar-refractivity contribution is -0.122. The van der Waals surface area contributed by atoms with Gasteiger partial charge in [-0.05, 0) is 49.6 Å². The monoisotopic (exact) mass is 447 g/mol. The van der Waals surface area contributed by atoms with Gasteiger partial charge in [0.25, 0.3) is 10.0 Å². The summed E-state index contributed by atoms with van der Waals surface area (Å²) < 4.78 is 26.9. The third-order valence-corrected chi connectivity index (χ3v) is 7.43. The van der Waals surface area contributed by atoms with Crippen LogP contribution in [0.2, 0.25) is 5.02 Å². The number of rotatable bonds is 7. The van der Waals surface area contributed by atoms with Gasteiger partial charge in [-0.25, -0.2) is 8.42 Å². The summed E-state index contributed by atoms with van der Waals surface area (Å²) in [6, 6.07) is 13.6. The molecular formula is C22H26ClN3O3S. The lowest BCUT2D eigenvalue weighted by atomic mass is 9.75. The maximum atomic E-state index is 12.8. The standard InChI is InChI=1S/C22H26ClN3O3S/c1-4-22(5-2,16-10-12-17(23)13-11-16)14-24-21(27)15(3)25-20-18-8-6-7-9-19(18)30(28,29)26-20/h6-13,15H,4-5,14H2,1-3H3,(H,24,27)(H,25,26)/t15-/m0/s1. The molecule has 8 heteroatoms. The van der Waals surface area contributed by atoms with Crippen LogP contribution in [0.1, 0.15) is 44.7 Å². The second-order valence-corrected chi connectivity index (χ2v) is 9.55. The molecule has 1 aliphatic heterocycles. The molecule has 2 aromatic rings. The number of amidine groups is 1. The first-order valence-corrected chi connectivity index (χ1v) is 11.8. The van der Waals surface area contributed by atoms with Gasteiger partial charge >= 0.3 is 0 Å². The summed E-state index contributed by atoms with van der Waals surface area (Å²) in [5.74, 6) is -0.0606. The summed E-state index contributed by atoms with van der Waals surface area (Å²) in [7, 11) is -3.63. The molecule has 6 nitrogen and oxygen atoms in total. The average Bonchev–Trinajstić information content (AvgIpc) is 3.00. The predicted molar refractivity (Wildman–Crippen MR) is 119 cm³/mol. The van der Waals surface area contributed by atoms with Crippen LogP contribution >= 0.6 is 11.6 Å². The van der Waals surface area contributed by atoms with E-state index in [4.69, 9.17) is 11.6 Å². The number of carbonyl (C=O) groups is 1. The van der Waals surface area contributed by atoms with Crippen molar-refractivity contribution in [2.45, 2.75) is 50.0 Å². The molecular weight excluding hydrogens is 422 g/mol. The zero-order chi connectivity index (χ0) is 21.9. The van der Waals surface area contributed by atoms with Gasteiger partial charge in [0.2, 0.25) is 5.91 Å². The minimum Gasteiger partial charge on any atom is -0.353 e. The molecule has 0 bridgehead atoms. The zero-order valence-electron chi connectivity index (χ0n) is 17.3. The second-order valence-electron chi connectivity index (χ2n) is 7.47. The highest BCUT2D eigenvalue weighted by Gasteiger charge is 2.32. The zero-order valence-corrected chi connectivity index (χ0v) is 18.8. The summed E-state index contributed by atoms with van der Waals surface area (Å²) >= 11 is 6.02. The van der Waals surface area contributed by atoms with Crippen LogP contribution in [0.3, 0.4) is 0 Å². The molecule has 2 N–H and O–H groups in total. The van der Waals surface area contributed by atoms with Gasteiger partial charge < -0.3 is 5.32 Å². The molecule has 2 aromatic carbocycles. The van der Waals surface area contributed by atoms with E-state index in [0.717, 1.165) is 18.4 Å². The number of hydrogen-bond acceptors (Lipinski definition) is 4. The summed E-state index contributed by atoms with van der Waals surface area (Å²) in [6.45, 7) is 6.30. The number of carbonyl (C=O) groups excluding carboxylic acids is 1. The Labute approximate surface area is 182 Å². The smallest absolute Gasteiger partial charge is 0.263 e. The van der Waals surface area contributed by atoms with E-state index in [1.165, 1.54) is 6.07 Å². The van der Waals surface area contributed by atoms with Crippen molar-refractivity contribution in [1.29, 1.82) is 0 Å². The Morgan fingerprint density at radius 2 is 1.77 bits per heavy atom. The van der Waals surface area contributed by atoms with Gasteiger partial charge in [0.05, 0.1) is 4.90 Å². The molecule has 30 heavy (non-hydrogen) atoms. The Kier molecular flexibility index (Phi) is 6.53. The highest BCUT2D eigenvalue weighted by molar-refractivity contribution is 7.90. The fourth-order valence-corrected chi connectivity index (χ4v) is 5.06. The third kappa shape index (κ3) is 4.37. The van der Waals surface area contributed by atoms with E-state index >= 15 is 0 Å². The molecule has 1 atom stereocenters. The van der Waals surface area contributed by atoms with Gasteiger partial charge in [0.1, 0.15) is 11.9 Å². The number of fused-ring (bicyclic) bond motifs is 1. The van der Waals surface area contributed by atoms with Crippen LogP contribution in [0.4, 0.5) is 0 Å². The van der Waals surface area contributed by atoms with Crippen LogP contribution in [0, 0.1) is 0 Å². The topological polar surface area (TPSA) is 87.6 Å². The Bertz CT molecular complexity index is 1060. The third-order valence-electron chi connectivity index (χ3n) is 5.78. The molecule has 1 aliphatic rings. The van der Waals surface area contributed by atoms with E-state index in [-0.39, 0.29) is 22.1 Å². The minimum atomic E-state index is -3.63. The Morgan fingerprint density at radius 1 is 1.13 bits per heavy atom. The number of nitrogens with one attached hydrogen (secondary N) is 2. The van der Waals surface area contributed by atoms with Crippen molar-refractivity contribution in [3.63, 3.8) is 0 Å². The first kappa shape index (κ1) is 22.3. The maximum Gasteiger partial charge on any atom is 0.263 e. The van der Waals surface area contributed by atoms with Crippen molar-refractivity contribution in [3.05, 3.63) is 64.7 Å². The van der Waals surface area contributed by atoms with Crippen LogP contribution in [-0.2, 0) is 20.2 Å². The Balaban J connectivity index is 1.76. The Hall–Kier alpha value is -2.38. The fraction of sp³-hybridized carbons (Fsp3) is 0.364. The normalized spacial score (nSPS) is 17.3. The number of hydrogen-bond donors (Lipinski definition) is 2. The van der Waals surface area contributed by atoms with Crippen molar-refractivity contribution < 1.29 is 13.2 Å². The van der Waals surface area contributed by atoms with Crippen LogP contribution in [0.15, 0.2) is 58.4 Å². The van der Waals surface area contributed by atoms with Gasteiger partial charge in [-0.1, -0.05) is 49.7 Å². The van der Waals surface area contributed by atoms with Gasteiger partial charge in [-0.3, -0.25) is 14.5 Å². The molecule has 0 aromatic heterocycles. The highest BCUT2D eigenvalue weighted by Crippen LogP contribution is 2.32. The van der Waals surface area contributed by atoms with Gasteiger partial charge in [0.15, 0.2) is 0 Å². The molecule has 1 amide bonds. The molecule has 0 unspecified atom stereocenters. The summed E-state index contributed by atoms with van der Waals surface area (Å²) in [6.07, 6.45) is 1.70. The van der Waals surface area contributed by atoms with Crippen molar-refractivity contribution in [2.24, 2.45) is 4.99 Å². The molecule has 3 rings (SSSR count). The maximum absolute atomic E-state index is 12.8. The second kappa shape index (κ2) is 8.78. The molecule has 0 aliphatic carbocycles. The molecule has 1 heterocycles. The van der Waals surface area contributed by atoms with Gasteiger partial charge in [-0.15, -0.1) is 0 Å². The number of sulfonamides is 1. The van der Waals surface area contributed by atoms with Crippen molar-refractivity contribution in [2.75, 3.05) is 6.54 Å². The van der Waals surface area contributed by atoms with E-state index in [2.05, 4.69) is 28.9 Å². The highest BCUT2D eigenvalue weighted by atomic mass is 35.5. The van der Waals surface area contributed by atoms with E-state index in [9.17, 15) is 13.2 Å². The minimum absolute atomic E-state index is 0.176. The van der Waals surface area contributed by atoms with Crippen LogP contribution < -0.4 is 10.0 Å². The molecule has 0 saturated heterocycles. The molecule has 0 saturated carbocycles. The number of aliphatic imine (C=N–C) groups is 1. The summed E-state index contributed by atoms with van der Waals surface area (Å²) in [5, 5.41) is 3.67. The van der Waals surface area contributed by atoms with E-state index in [0.29, 0.717) is 17.1 Å². The van der Waals surface area contributed by atoms with Crippen molar-refractivity contribution in [1.82, 2.24) is 10.0 Å². The summed E-state index contributed by atoms with van der Waals surface area (Å²) in [5.41, 5.74) is 1.39. The van der Waals surface area contributed by atoms with Crippen molar-refractivity contribution in [3.8, 4) is 0 Å². The predicted octanol–water partition coefficient (Wildman–Crippen LogP) is 3.64. The quantitative estimate of drug-likeness (QED) is 0.679. The van der Waals surface area contributed by atoms with E-state index < -0.39 is 16.1 Å². The molecule has 160 valence electrons. The largest absolute Gasteiger partial charge is 0.353 e. The van der Waals surface area contributed by atoms with E-state index in [1.807, 2.05) is 24.3 Å². The SMILES string of the molecule is CCC(CC)(CNC(=O)[C@H](C)N=C1NS(=O)(=O)c2ccccc21)c1ccc(Cl)cc1. The van der Waals surface area contributed by atoms with E-state index in [1.54, 1.807) is 25.1 Å². The Morgan fingerprint density at radius 3 is 2.40 bits per heavy atom. The fourth-order valence-electron chi connectivity index (χ4n) is 3.70. The van der Waals surface area contributed by atoms with Crippen LogP contribution in [0.5, 0.6) is 0 Å². The molecule has 0 fully saturated rings. The lowest BCUT2D eigenvalue weighted by Gasteiger charge is -2.33. The summed E-state index contributed by atoms with van der Waals surface area (Å²) in [4.78, 5) is 17.3. The average molecular weight is 448 g/mol. The van der Waals surface area contributed by atoms with Crippen molar-refractivity contribution >= 4 is 33.4 Å². The lowest BCUT2D eigenvalue weighted by Crippen LogP contribution is -2.43. The van der Waals surface area contributed by atoms with Gasteiger partial charge in [0, 0.05) is 22.5 Å². The molecule has 0 spiro atoms. The van der Waals surface area contributed by atoms with Crippen LogP contribution in [-0.4, -0.2) is 32.7 Å². The van der Waals surface area contributed by atoms with Gasteiger partial charge in [-0.2, -0.15) is 0 Å². The van der Waals surface area contributed by atoms with Crippen LogP contribution in [0.25, 0.3) is 0 Å². The first-order chi connectivity index (χ1) is 14.2. The first-order valence-electron chi connectivity index (χ1n) is 9.96. The molecule has 0 radical (unpaired) electrons. The number of halogens is 1.